The highest BCUT2D eigenvalue weighted by molar-refractivity contribution is 7.99. The molecular weight excluding hydrogens is 289 g/mol. The Hall–Kier alpha value is -1.72. The van der Waals surface area contributed by atoms with Crippen molar-refractivity contribution >= 4 is 11.8 Å². The summed E-state index contributed by atoms with van der Waals surface area (Å²) in [5.74, 6) is 1.66. The lowest BCUT2D eigenvalue weighted by molar-refractivity contribution is 0.354. The summed E-state index contributed by atoms with van der Waals surface area (Å²) in [4.78, 5) is 0.605. The van der Waals surface area contributed by atoms with E-state index in [1.165, 1.54) is 17.8 Å². The molecule has 0 amide bonds. The van der Waals surface area contributed by atoms with Crippen molar-refractivity contribution in [2.75, 3.05) is 20.0 Å². The van der Waals surface area contributed by atoms with Crippen LogP contribution in [-0.4, -0.2) is 20.0 Å². The predicted octanol–water partition coefficient (Wildman–Crippen LogP) is 3.64. The Labute approximate surface area is 128 Å². The van der Waals surface area contributed by atoms with Crippen LogP contribution in [0.15, 0.2) is 47.4 Å². The summed E-state index contributed by atoms with van der Waals surface area (Å²) in [6.45, 7) is 0. The summed E-state index contributed by atoms with van der Waals surface area (Å²) in [6.07, 6.45) is 0. The molecule has 0 radical (unpaired) electrons. The maximum absolute atomic E-state index is 13.6. The number of nitrogens with two attached hydrogens (primary N) is 1. The van der Waals surface area contributed by atoms with E-state index in [9.17, 15) is 4.39 Å². The van der Waals surface area contributed by atoms with Gasteiger partial charge in [0.05, 0.1) is 14.2 Å². The van der Waals surface area contributed by atoms with Gasteiger partial charge in [0.25, 0.3) is 0 Å². The Kier molecular flexibility index (Phi) is 5.47. The van der Waals surface area contributed by atoms with Crippen LogP contribution in [0.25, 0.3) is 0 Å². The molecule has 3 nitrogen and oxygen atoms in total. The third kappa shape index (κ3) is 3.89. The van der Waals surface area contributed by atoms with Crippen molar-refractivity contribution in [2.24, 2.45) is 5.73 Å². The molecule has 0 spiro atoms. The second-order valence-corrected chi connectivity index (χ2v) is 5.52. The molecule has 0 aromatic heterocycles. The van der Waals surface area contributed by atoms with Gasteiger partial charge in [-0.3, -0.25) is 0 Å². The monoisotopic (exact) mass is 307 g/mol. The van der Waals surface area contributed by atoms with Crippen LogP contribution in [0.1, 0.15) is 11.6 Å². The van der Waals surface area contributed by atoms with Gasteiger partial charge in [-0.15, -0.1) is 11.8 Å². The number of rotatable bonds is 6. The summed E-state index contributed by atoms with van der Waals surface area (Å²) in [7, 11) is 3.17. The Morgan fingerprint density at radius 1 is 1.10 bits per heavy atom. The highest BCUT2D eigenvalue weighted by Gasteiger charge is 2.12. The van der Waals surface area contributed by atoms with Crippen molar-refractivity contribution in [3.63, 3.8) is 0 Å². The number of ether oxygens (including phenoxy) is 2. The molecular formula is C16H18FNO2S. The number of thioether (sulfide) groups is 1. The number of halogens is 1. The first-order chi connectivity index (χ1) is 10.2. The van der Waals surface area contributed by atoms with Gasteiger partial charge in [-0.1, -0.05) is 18.2 Å². The summed E-state index contributed by atoms with van der Waals surface area (Å²) < 4.78 is 24.0. The second-order valence-electron chi connectivity index (χ2n) is 4.46. The van der Waals surface area contributed by atoms with Gasteiger partial charge in [-0.05, 0) is 29.8 Å². The molecule has 0 saturated carbocycles. The number of hydrogen-bond acceptors (Lipinski definition) is 4. The second kappa shape index (κ2) is 7.33. The van der Waals surface area contributed by atoms with Gasteiger partial charge in [0.2, 0.25) is 0 Å². The molecule has 2 rings (SSSR count). The highest BCUT2D eigenvalue weighted by atomic mass is 32.2. The average Bonchev–Trinajstić information content (AvgIpc) is 2.53. The van der Waals surface area contributed by atoms with Crippen molar-refractivity contribution in [2.45, 2.75) is 10.9 Å². The quantitative estimate of drug-likeness (QED) is 0.828. The van der Waals surface area contributed by atoms with E-state index in [4.69, 9.17) is 15.2 Å². The minimum absolute atomic E-state index is 0.214. The third-order valence-electron chi connectivity index (χ3n) is 3.09. The van der Waals surface area contributed by atoms with E-state index in [1.54, 1.807) is 26.4 Å². The molecule has 2 aromatic rings. The minimum atomic E-state index is -0.220. The van der Waals surface area contributed by atoms with Crippen LogP contribution in [-0.2, 0) is 0 Å². The fraction of sp³-hybridized carbons (Fsp3) is 0.250. The SMILES string of the molecule is COc1ccc(C(N)CSc2ccccc2F)cc1OC. The lowest BCUT2D eigenvalue weighted by Crippen LogP contribution is -2.13. The molecule has 5 heteroatoms. The van der Waals surface area contributed by atoms with Crippen molar-refractivity contribution < 1.29 is 13.9 Å². The van der Waals surface area contributed by atoms with E-state index in [-0.39, 0.29) is 11.9 Å². The van der Waals surface area contributed by atoms with Gasteiger partial charge in [-0.25, -0.2) is 4.39 Å². The van der Waals surface area contributed by atoms with E-state index in [2.05, 4.69) is 0 Å². The Morgan fingerprint density at radius 3 is 2.48 bits per heavy atom. The van der Waals surface area contributed by atoms with Crippen LogP contribution < -0.4 is 15.2 Å². The van der Waals surface area contributed by atoms with Crippen LogP contribution in [0, 0.1) is 5.82 Å². The number of benzene rings is 2. The van der Waals surface area contributed by atoms with Gasteiger partial charge in [-0.2, -0.15) is 0 Å². The van der Waals surface area contributed by atoms with Gasteiger partial charge >= 0.3 is 0 Å². The Morgan fingerprint density at radius 2 is 1.81 bits per heavy atom. The summed E-state index contributed by atoms with van der Waals surface area (Å²) in [5.41, 5.74) is 7.10. The molecule has 0 aliphatic carbocycles. The molecule has 0 aliphatic rings. The predicted molar refractivity (Wildman–Crippen MR) is 83.6 cm³/mol. The molecule has 1 atom stereocenters. The van der Waals surface area contributed by atoms with Crippen LogP contribution in [0.2, 0.25) is 0 Å². The number of hydrogen-bond donors (Lipinski definition) is 1. The Balaban J connectivity index is 2.06. The largest absolute Gasteiger partial charge is 0.493 e. The zero-order valence-corrected chi connectivity index (χ0v) is 12.8. The maximum Gasteiger partial charge on any atom is 0.161 e. The molecule has 0 bridgehead atoms. The molecule has 0 saturated heterocycles. The van der Waals surface area contributed by atoms with Crippen molar-refractivity contribution in [3.05, 3.63) is 53.8 Å². The maximum atomic E-state index is 13.6. The molecule has 2 aromatic carbocycles. The van der Waals surface area contributed by atoms with Crippen molar-refractivity contribution in [1.82, 2.24) is 0 Å². The first-order valence-electron chi connectivity index (χ1n) is 6.50. The minimum Gasteiger partial charge on any atom is -0.493 e. The molecule has 1 unspecified atom stereocenters. The lowest BCUT2D eigenvalue weighted by atomic mass is 10.1. The Bertz CT molecular complexity index is 607. The topological polar surface area (TPSA) is 44.5 Å². The molecule has 0 aliphatic heterocycles. The van der Waals surface area contributed by atoms with E-state index in [0.717, 1.165) is 5.56 Å². The first-order valence-corrected chi connectivity index (χ1v) is 7.49. The average molecular weight is 307 g/mol. The van der Waals surface area contributed by atoms with Crippen molar-refractivity contribution in [1.29, 1.82) is 0 Å². The summed E-state index contributed by atoms with van der Waals surface area (Å²) in [5, 5.41) is 0. The van der Waals surface area contributed by atoms with E-state index >= 15 is 0 Å². The molecule has 112 valence electrons. The third-order valence-corrected chi connectivity index (χ3v) is 4.26. The number of methoxy groups -OCH3 is 2. The van der Waals surface area contributed by atoms with Gasteiger partial charge in [0, 0.05) is 16.7 Å². The lowest BCUT2D eigenvalue weighted by Gasteiger charge is -2.15. The normalized spacial score (nSPS) is 12.0. The van der Waals surface area contributed by atoms with Crippen LogP contribution in [0.5, 0.6) is 11.5 Å². The molecule has 21 heavy (non-hydrogen) atoms. The smallest absolute Gasteiger partial charge is 0.161 e. The van der Waals surface area contributed by atoms with E-state index < -0.39 is 0 Å². The van der Waals surface area contributed by atoms with E-state index in [0.29, 0.717) is 22.1 Å². The zero-order chi connectivity index (χ0) is 15.2. The first kappa shape index (κ1) is 15.7. The fourth-order valence-electron chi connectivity index (χ4n) is 1.92. The van der Waals surface area contributed by atoms with Crippen LogP contribution in [0.3, 0.4) is 0 Å². The van der Waals surface area contributed by atoms with E-state index in [1.807, 2.05) is 24.3 Å². The highest BCUT2D eigenvalue weighted by Crippen LogP contribution is 2.31. The molecule has 0 heterocycles. The zero-order valence-electron chi connectivity index (χ0n) is 12.0. The van der Waals surface area contributed by atoms with Crippen LogP contribution in [0.4, 0.5) is 4.39 Å². The van der Waals surface area contributed by atoms with Gasteiger partial charge in [0.15, 0.2) is 11.5 Å². The molecule has 2 N–H and O–H groups in total. The summed E-state index contributed by atoms with van der Waals surface area (Å²) in [6, 6.07) is 12.0. The fourth-order valence-corrected chi connectivity index (χ4v) is 2.85. The molecule has 0 fully saturated rings. The standard InChI is InChI=1S/C16H18FNO2S/c1-19-14-8-7-11(9-15(14)20-2)13(18)10-21-16-6-4-3-5-12(16)17/h3-9,13H,10,18H2,1-2H3. The van der Waals surface area contributed by atoms with Crippen LogP contribution >= 0.6 is 11.8 Å². The van der Waals surface area contributed by atoms with Gasteiger partial charge < -0.3 is 15.2 Å². The van der Waals surface area contributed by atoms with Gasteiger partial charge in [0.1, 0.15) is 5.82 Å². The summed E-state index contributed by atoms with van der Waals surface area (Å²) >= 11 is 1.40. The van der Waals surface area contributed by atoms with Crippen molar-refractivity contribution in [3.8, 4) is 11.5 Å².